The largest absolute Gasteiger partial charge is 0.379 e. The number of aromatic nitrogens is 2. The number of hydrogen-bond donors (Lipinski definition) is 1. The molecule has 1 N–H and O–H groups in total. The second-order valence-electron chi connectivity index (χ2n) is 3.65. The van der Waals surface area contributed by atoms with Crippen molar-refractivity contribution in [2.24, 2.45) is 0 Å². The van der Waals surface area contributed by atoms with Crippen LogP contribution in [-0.4, -0.2) is 27.8 Å². The summed E-state index contributed by atoms with van der Waals surface area (Å²) in [4.78, 5) is 11.8. The van der Waals surface area contributed by atoms with E-state index in [9.17, 15) is 4.79 Å². The average Bonchev–Trinajstić information content (AvgIpc) is 2.29. The van der Waals surface area contributed by atoms with Gasteiger partial charge in [0.25, 0.3) is 5.56 Å². The molecule has 0 aromatic carbocycles. The highest BCUT2D eigenvalue weighted by Gasteiger charge is 2.10. The predicted molar refractivity (Wildman–Crippen MR) is 75.2 cm³/mol. The van der Waals surface area contributed by atoms with Gasteiger partial charge in [-0.3, -0.25) is 4.79 Å². The van der Waals surface area contributed by atoms with Crippen LogP contribution >= 0.6 is 23.4 Å². The summed E-state index contributed by atoms with van der Waals surface area (Å²) in [7, 11) is 0. The molecule has 6 heteroatoms. The van der Waals surface area contributed by atoms with Gasteiger partial charge in [0.2, 0.25) is 0 Å². The third-order valence-corrected chi connectivity index (χ3v) is 3.30. The number of thioether (sulfide) groups is 1. The monoisotopic (exact) mass is 273 g/mol. The van der Waals surface area contributed by atoms with Crippen LogP contribution in [0.4, 0.5) is 5.69 Å². The van der Waals surface area contributed by atoms with Gasteiger partial charge >= 0.3 is 0 Å². The van der Waals surface area contributed by atoms with Crippen molar-refractivity contribution in [2.45, 2.75) is 19.5 Å². The van der Waals surface area contributed by atoms with Crippen molar-refractivity contribution >= 4 is 29.1 Å². The zero-order valence-electron chi connectivity index (χ0n) is 9.94. The van der Waals surface area contributed by atoms with Gasteiger partial charge < -0.3 is 5.32 Å². The highest BCUT2D eigenvalue weighted by atomic mass is 35.5. The normalized spacial score (nSPS) is 12.2. The first-order valence-corrected chi connectivity index (χ1v) is 6.99. The van der Waals surface area contributed by atoms with Crippen molar-refractivity contribution in [1.29, 1.82) is 0 Å². The number of rotatable bonds is 6. The second kappa shape index (κ2) is 6.71. The molecule has 4 nitrogen and oxygen atoms in total. The van der Waals surface area contributed by atoms with Gasteiger partial charge in [-0.1, -0.05) is 17.7 Å². The summed E-state index contributed by atoms with van der Waals surface area (Å²) in [5, 5.41) is 7.36. The van der Waals surface area contributed by atoms with E-state index in [0.29, 0.717) is 12.2 Å². The molecule has 0 saturated heterocycles. The lowest BCUT2D eigenvalue weighted by Crippen LogP contribution is -2.26. The molecule has 1 unspecified atom stereocenters. The molecule has 0 radical (unpaired) electrons. The summed E-state index contributed by atoms with van der Waals surface area (Å²) >= 11 is 7.73. The van der Waals surface area contributed by atoms with E-state index in [-0.39, 0.29) is 16.6 Å². The maximum atomic E-state index is 11.8. The van der Waals surface area contributed by atoms with Crippen molar-refractivity contribution in [3.8, 4) is 0 Å². The molecule has 0 amide bonds. The second-order valence-corrected chi connectivity index (χ2v) is 4.94. The van der Waals surface area contributed by atoms with Gasteiger partial charge in [0.15, 0.2) is 0 Å². The van der Waals surface area contributed by atoms with Crippen molar-refractivity contribution in [3.63, 3.8) is 0 Å². The van der Waals surface area contributed by atoms with Gasteiger partial charge in [0, 0.05) is 11.8 Å². The van der Waals surface area contributed by atoms with Gasteiger partial charge in [-0.05, 0) is 13.2 Å². The Morgan fingerprint density at radius 2 is 2.47 bits per heavy atom. The summed E-state index contributed by atoms with van der Waals surface area (Å²) in [6, 6.07) is 0.235. The molecule has 1 heterocycles. The van der Waals surface area contributed by atoms with E-state index >= 15 is 0 Å². The Hall–Kier alpha value is -0.940. The molecule has 0 aliphatic carbocycles. The molecule has 1 atom stereocenters. The number of nitrogens with one attached hydrogen (secondary N) is 1. The summed E-state index contributed by atoms with van der Waals surface area (Å²) in [6.45, 7) is 5.95. The quantitative estimate of drug-likeness (QED) is 0.808. The Balaban J connectivity index is 2.92. The SMILES string of the molecule is C=CCn1ncc(NC(C)CSC)c(Cl)c1=O. The van der Waals surface area contributed by atoms with Crippen LogP contribution in [0.15, 0.2) is 23.6 Å². The van der Waals surface area contributed by atoms with Gasteiger partial charge in [-0.15, -0.1) is 6.58 Å². The van der Waals surface area contributed by atoms with Crippen LogP contribution in [0.5, 0.6) is 0 Å². The topological polar surface area (TPSA) is 46.9 Å². The molecule has 0 saturated carbocycles. The predicted octanol–water partition coefficient (Wildman–Crippen LogP) is 2.25. The number of hydrogen-bond acceptors (Lipinski definition) is 4. The third-order valence-electron chi connectivity index (χ3n) is 2.11. The molecule has 17 heavy (non-hydrogen) atoms. The standard InChI is InChI=1S/C11H16ClN3OS/c1-4-5-15-11(16)10(12)9(6-13-15)14-8(2)7-17-3/h4,6,8,14H,1,5,7H2,2-3H3. The highest BCUT2D eigenvalue weighted by Crippen LogP contribution is 2.17. The van der Waals surface area contributed by atoms with Crippen LogP contribution in [0.3, 0.4) is 0 Å². The van der Waals surface area contributed by atoms with Crippen LogP contribution in [0, 0.1) is 0 Å². The molecule has 0 aliphatic rings. The fourth-order valence-corrected chi connectivity index (χ4v) is 2.16. The van der Waals surface area contributed by atoms with Crippen LogP contribution in [0.2, 0.25) is 5.02 Å². The minimum atomic E-state index is -0.298. The van der Waals surface area contributed by atoms with E-state index in [1.54, 1.807) is 24.0 Å². The van der Waals surface area contributed by atoms with Gasteiger partial charge in [0.05, 0.1) is 18.4 Å². The summed E-state index contributed by atoms with van der Waals surface area (Å²) in [5.74, 6) is 0.937. The van der Waals surface area contributed by atoms with Crippen LogP contribution < -0.4 is 10.9 Å². The lowest BCUT2D eigenvalue weighted by atomic mass is 10.3. The molecule has 1 aromatic heterocycles. The highest BCUT2D eigenvalue weighted by molar-refractivity contribution is 7.98. The lowest BCUT2D eigenvalue weighted by Gasteiger charge is -2.15. The van der Waals surface area contributed by atoms with Gasteiger partial charge in [-0.2, -0.15) is 16.9 Å². The Morgan fingerprint density at radius 3 is 3.06 bits per heavy atom. The molecule has 1 aromatic rings. The average molecular weight is 274 g/mol. The molecule has 1 rings (SSSR count). The Labute approximate surface area is 110 Å². The number of allylic oxidation sites excluding steroid dienone is 1. The maximum Gasteiger partial charge on any atom is 0.287 e. The van der Waals surface area contributed by atoms with Crippen molar-refractivity contribution in [1.82, 2.24) is 9.78 Å². The molecule has 0 aliphatic heterocycles. The van der Waals surface area contributed by atoms with Crippen LogP contribution in [0.25, 0.3) is 0 Å². The van der Waals surface area contributed by atoms with E-state index in [1.807, 2.05) is 13.2 Å². The molecule has 94 valence electrons. The third kappa shape index (κ3) is 3.78. The van der Waals surface area contributed by atoms with E-state index in [2.05, 4.69) is 17.0 Å². The fourth-order valence-electron chi connectivity index (χ4n) is 1.38. The van der Waals surface area contributed by atoms with Crippen molar-refractivity contribution in [3.05, 3.63) is 34.2 Å². The zero-order chi connectivity index (χ0) is 12.8. The van der Waals surface area contributed by atoms with Gasteiger partial charge in [0.1, 0.15) is 5.02 Å². The van der Waals surface area contributed by atoms with Crippen LogP contribution in [0.1, 0.15) is 6.92 Å². The molecular formula is C11H16ClN3OS. The van der Waals surface area contributed by atoms with Gasteiger partial charge in [-0.25, -0.2) is 4.68 Å². The van der Waals surface area contributed by atoms with E-state index in [1.165, 1.54) is 4.68 Å². The molecule has 0 bridgehead atoms. The fraction of sp³-hybridized carbons (Fsp3) is 0.455. The maximum absolute atomic E-state index is 11.8. The van der Waals surface area contributed by atoms with Crippen LogP contribution in [-0.2, 0) is 6.54 Å². The summed E-state index contributed by atoms with van der Waals surface area (Å²) in [5.41, 5.74) is 0.284. The minimum absolute atomic E-state index is 0.176. The molecule has 0 fully saturated rings. The Bertz CT molecular complexity index is 447. The molecule has 0 spiro atoms. The first kappa shape index (κ1) is 14.1. The number of halogens is 1. The summed E-state index contributed by atoms with van der Waals surface area (Å²) < 4.78 is 1.28. The smallest absolute Gasteiger partial charge is 0.287 e. The Morgan fingerprint density at radius 1 is 1.76 bits per heavy atom. The van der Waals surface area contributed by atoms with E-state index in [0.717, 1.165) is 5.75 Å². The minimum Gasteiger partial charge on any atom is -0.379 e. The van der Waals surface area contributed by atoms with E-state index in [4.69, 9.17) is 11.6 Å². The Kier molecular flexibility index (Phi) is 5.58. The lowest BCUT2D eigenvalue weighted by molar-refractivity contribution is 0.652. The number of anilines is 1. The first-order valence-electron chi connectivity index (χ1n) is 5.22. The van der Waals surface area contributed by atoms with E-state index < -0.39 is 0 Å². The number of nitrogens with zero attached hydrogens (tertiary/aromatic N) is 2. The van der Waals surface area contributed by atoms with Crippen molar-refractivity contribution in [2.75, 3.05) is 17.3 Å². The summed E-state index contributed by atoms with van der Waals surface area (Å²) in [6.07, 6.45) is 5.21. The first-order chi connectivity index (χ1) is 8.10. The molecular weight excluding hydrogens is 258 g/mol. The zero-order valence-corrected chi connectivity index (χ0v) is 11.5. The van der Waals surface area contributed by atoms with Crippen molar-refractivity contribution < 1.29 is 0 Å².